The van der Waals surface area contributed by atoms with E-state index in [0.29, 0.717) is 25.2 Å². The molecule has 2 heterocycles. The SMILES string of the molecule is CC(C)OCc1c(C(=O)NCCc2nc3ccc(F)cc3n2C)oc2ccccc12. The molecule has 30 heavy (non-hydrogen) atoms. The van der Waals surface area contributed by atoms with Crippen LogP contribution in [0.1, 0.15) is 35.8 Å². The first-order valence-corrected chi connectivity index (χ1v) is 9.95. The Hall–Kier alpha value is -3.19. The van der Waals surface area contributed by atoms with Crippen molar-refractivity contribution in [3.05, 3.63) is 65.4 Å². The number of hydrogen-bond donors (Lipinski definition) is 1. The van der Waals surface area contributed by atoms with Gasteiger partial charge in [0.2, 0.25) is 0 Å². The minimum absolute atomic E-state index is 0.0388. The van der Waals surface area contributed by atoms with Gasteiger partial charge in [-0.2, -0.15) is 0 Å². The molecule has 0 unspecified atom stereocenters. The van der Waals surface area contributed by atoms with Gasteiger partial charge in [0.15, 0.2) is 5.76 Å². The number of nitrogens with zero attached hydrogens (tertiary/aromatic N) is 2. The number of ether oxygens (including phenoxy) is 1. The van der Waals surface area contributed by atoms with Gasteiger partial charge in [0.1, 0.15) is 17.2 Å². The van der Waals surface area contributed by atoms with Crippen molar-refractivity contribution < 1.29 is 18.3 Å². The Morgan fingerprint density at radius 1 is 1.27 bits per heavy atom. The Kier molecular flexibility index (Phi) is 5.55. The predicted molar refractivity (Wildman–Crippen MR) is 113 cm³/mol. The van der Waals surface area contributed by atoms with Crippen LogP contribution in [0.2, 0.25) is 0 Å². The van der Waals surface area contributed by atoms with Crippen LogP contribution in [0.15, 0.2) is 46.9 Å². The van der Waals surface area contributed by atoms with E-state index in [-0.39, 0.29) is 23.6 Å². The van der Waals surface area contributed by atoms with Gasteiger partial charge < -0.3 is 19.0 Å². The first-order valence-electron chi connectivity index (χ1n) is 9.95. The van der Waals surface area contributed by atoms with E-state index in [1.165, 1.54) is 12.1 Å². The topological polar surface area (TPSA) is 69.3 Å². The van der Waals surface area contributed by atoms with Gasteiger partial charge in [-0.05, 0) is 38.1 Å². The average molecular weight is 409 g/mol. The number of carbonyl (C=O) groups excluding carboxylic acids is 1. The van der Waals surface area contributed by atoms with E-state index >= 15 is 0 Å². The number of rotatable bonds is 7. The van der Waals surface area contributed by atoms with E-state index < -0.39 is 0 Å². The summed E-state index contributed by atoms with van der Waals surface area (Å²) in [4.78, 5) is 17.4. The number of hydrogen-bond acceptors (Lipinski definition) is 4. The lowest BCUT2D eigenvalue weighted by atomic mass is 10.1. The van der Waals surface area contributed by atoms with Crippen LogP contribution in [0.25, 0.3) is 22.0 Å². The molecule has 0 spiro atoms. The molecule has 0 aliphatic carbocycles. The second-order valence-corrected chi connectivity index (χ2v) is 7.49. The fourth-order valence-electron chi connectivity index (χ4n) is 3.48. The normalized spacial score (nSPS) is 11.6. The van der Waals surface area contributed by atoms with Gasteiger partial charge in [0, 0.05) is 31.0 Å². The Labute approximate surface area is 173 Å². The molecule has 0 aliphatic rings. The molecule has 1 amide bonds. The number of aryl methyl sites for hydroxylation is 1. The molecule has 0 bridgehead atoms. The molecule has 7 heteroatoms. The smallest absolute Gasteiger partial charge is 0.287 e. The molecule has 0 saturated carbocycles. The van der Waals surface area contributed by atoms with Crippen LogP contribution in [0.4, 0.5) is 4.39 Å². The quantitative estimate of drug-likeness (QED) is 0.493. The second kappa shape index (κ2) is 8.28. The third kappa shape index (κ3) is 3.93. The first-order chi connectivity index (χ1) is 14.4. The summed E-state index contributed by atoms with van der Waals surface area (Å²) in [5.74, 6) is 0.442. The molecule has 156 valence electrons. The Bertz CT molecular complexity index is 1210. The summed E-state index contributed by atoms with van der Waals surface area (Å²) in [6, 6.07) is 12.0. The summed E-state index contributed by atoms with van der Waals surface area (Å²) in [6.45, 7) is 4.57. The van der Waals surface area contributed by atoms with Gasteiger partial charge in [0.25, 0.3) is 5.91 Å². The minimum Gasteiger partial charge on any atom is -0.451 e. The zero-order valence-corrected chi connectivity index (χ0v) is 17.2. The van der Waals surface area contributed by atoms with Crippen LogP contribution in [0, 0.1) is 5.82 Å². The molecule has 6 nitrogen and oxygen atoms in total. The van der Waals surface area contributed by atoms with Gasteiger partial charge in [-0.25, -0.2) is 9.37 Å². The van der Waals surface area contributed by atoms with E-state index in [2.05, 4.69) is 10.3 Å². The highest BCUT2D eigenvalue weighted by Crippen LogP contribution is 2.27. The summed E-state index contributed by atoms with van der Waals surface area (Å²) in [5, 5.41) is 3.78. The summed E-state index contributed by atoms with van der Waals surface area (Å²) in [6.07, 6.45) is 0.549. The predicted octanol–water partition coefficient (Wildman–Crippen LogP) is 4.36. The minimum atomic E-state index is -0.300. The number of imidazole rings is 1. The zero-order chi connectivity index (χ0) is 21.3. The van der Waals surface area contributed by atoms with E-state index in [1.54, 1.807) is 6.07 Å². The maximum atomic E-state index is 13.5. The average Bonchev–Trinajstić information content (AvgIpc) is 3.24. The van der Waals surface area contributed by atoms with E-state index in [9.17, 15) is 9.18 Å². The van der Waals surface area contributed by atoms with Crippen LogP contribution < -0.4 is 5.32 Å². The zero-order valence-electron chi connectivity index (χ0n) is 17.2. The molecule has 0 aliphatic heterocycles. The summed E-state index contributed by atoms with van der Waals surface area (Å²) in [7, 11) is 1.84. The fourth-order valence-corrected chi connectivity index (χ4v) is 3.48. The van der Waals surface area contributed by atoms with Gasteiger partial charge in [-0.3, -0.25) is 4.79 Å². The molecule has 2 aromatic heterocycles. The molecule has 0 atom stereocenters. The van der Waals surface area contributed by atoms with Crippen molar-refractivity contribution in [2.45, 2.75) is 33.0 Å². The van der Waals surface area contributed by atoms with Crippen LogP contribution in [0.3, 0.4) is 0 Å². The number of para-hydroxylation sites is 1. The number of halogens is 1. The molecule has 1 N–H and O–H groups in total. The molecule has 0 fully saturated rings. The number of benzene rings is 2. The van der Waals surface area contributed by atoms with Crippen LogP contribution in [-0.4, -0.2) is 28.1 Å². The number of amides is 1. The van der Waals surface area contributed by atoms with Crippen molar-refractivity contribution in [3.63, 3.8) is 0 Å². The fraction of sp³-hybridized carbons (Fsp3) is 0.304. The van der Waals surface area contributed by atoms with Gasteiger partial charge in [-0.15, -0.1) is 0 Å². The monoisotopic (exact) mass is 409 g/mol. The van der Waals surface area contributed by atoms with Gasteiger partial charge in [0.05, 0.1) is 23.7 Å². The largest absolute Gasteiger partial charge is 0.451 e. The maximum absolute atomic E-state index is 13.5. The molecule has 4 rings (SSSR count). The standard InChI is InChI=1S/C23H24FN3O3/c1-14(2)29-13-17-16-6-4-5-7-20(16)30-22(17)23(28)25-11-10-21-26-18-9-8-15(24)12-19(18)27(21)3/h4-9,12,14H,10-11,13H2,1-3H3,(H,25,28). The van der Waals surface area contributed by atoms with Gasteiger partial charge >= 0.3 is 0 Å². The number of furan rings is 1. The Morgan fingerprint density at radius 2 is 2.07 bits per heavy atom. The van der Waals surface area contributed by atoms with Crippen molar-refractivity contribution >= 4 is 27.9 Å². The van der Waals surface area contributed by atoms with Crippen LogP contribution in [-0.2, 0) is 24.8 Å². The van der Waals surface area contributed by atoms with E-state index in [1.807, 2.05) is 49.7 Å². The maximum Gasteiger partial charge on any atom is 0.287 e. The van der Waals surface area contributed by atoms with Crippen LogP contribution in [0.5, 0.6) is 0 Å². The highest BCUT2D eigenvalue weighted by molar-refractivity contribution is 5.99. The highest BCUT2D eigenvalue weighted by Gasteiger charge is 2.21. The number of aromatic nitrogens is 2. The van der Waals surface area contributed by atoms with Crippen LogP contribution >= 0.6 is 0 Å². The summed E-state index contributed by atoms with van der Waals surface area (Å²) in [5.41, 5.74) is 2.85. The molecule has 4 aromatic rings. The third-order valence-corrected chi connectivity index (χ3v) is 5.04. The lowest BCUT2D eigenvalue weighted by Gasteiger charge is -2.09. The number of nitrogens with one attached hydrogen (secondary N) is 1. The molecule has 0 radical (unpaired) electrons. The molecule has 2 aromatic carbocycles. The first kappa shape index (κ1) is 20.1. The Balaban J connectivity index is 1.50. The van der Waals surface area contributed by atoms with Crippen molar-refractivity contribution in [1.82, 2.24) is 14.9 Å². The molecule has 0 saturated heterocycles. The van der Waals surface area contributed by atoms with Crippen molar-refractivity contribution in [2.75, 3.05) is 6.54 Å². The summed E-state index contributed by atoms with van der Waals surface area (Å²) >= 11 is 0. The van der Waals surface area contributed by atoms with E-state index in [0.717, 1.165) is 27.8 Å². The lowest BCUT2D eigenvalue weighted by molar-refractivity contribution is 0.0643. The Morgan fingerprint density at radius 3 is 2.87 bits per heavy atom. The second-order valence-electron chi connectivity index (χ2n) is 7.49. The van der Waals surface area contributed by atoms with Gasteiger partial charge in [-0.1, -0.05) is 18.2 Å². The lowest BCUT2D eigenvalue weighted by Crippen LogP contribution is -2.27. The third-order valence-electron chi connectivity index (χ3n) is 5.04. The van der Waals surface area contributed by atoms with Crippen molar-refractivity contribution in [1.29, 1.82) is 0 Å². The van der Waals surface area contributed by atoms with Crippen molar-refractivity contribution in [2.24, 2.45) is 7.05 Å². The van der Waals surface area contributed by atoms with Crippen molar-refractivity contribution in [3.8, 4) is 0 Å². The van der Waals surface area contributed by atoms with E-state index in [4.69, 9.17) is 9.15 Å². The molecular weight excluding hydrogens is 385 g/mol. The number of carbonyl (C=O) groups is 1. The molecular formula is C23H24FN3O3. The summed E-state index contributed by atoms with van der Waals surface area (Å²) < 4.78 is 26.9. The number of fused-ring (bicyclic) bond motifs is 2. The highest BCUT2D eigenvalue weighted by atomic mass is 19.1.